The lowest BCUT2D eigenvalue weighted by molar-refractivity contribution is 0.302. The first kappa shape index (κ1) is 41.2. The zero-order valence-corrected chi connectivity index (χ0v) is 36.1. The van der Waals surface area contributed by atoms with Crippen molar-refractivity contribution in [3.8, 4) is 28.4 Å². The number of rotatable bonds is 11. The molecule has 0 saturated carbocycles. The molecule has 0 fully saturated rings. The van der Waals surface area contributed by atoms with Gasteiger partial charge in [-0.15, -0.1) is 0 Å². The molecule has 0 spiro atoms. The standard InChI is InChI=1S/C47H71O3P/c1-16-17-22-35-36(42-38(46(10,11)12)28-34(45(7,8)9)30-41(42)48-25-20-18-19-21-31(2)3)23-24-40-37(35)27-32-26-33(44(4,5)6)29-39(47(13,14)15)43(32)50-51-49-40/h23-24,26,28-31,51H,16-22,25,27H2,1-15H3. The summed E-state index contributed by atoms with van der Waals surface area (Å²) in [6, 6.07) is 14.1. The van der Waals surface area contributed by atoms with Crippen LogP contribution in [0, 0.1) is 5.92 Å². The van der Waals surface area contributed by atoms with Gasteiger partial charge in [-0.05, 0) is 92.4 Å². The Kier molecular flexibility index (Phi) is 13.1. The van der Waals surface area contributed by atoms with Crippen LogP contribution in [0.25, 0.3) is 11.1 Å². The Bertz CT molecular complexity index is 1640. The number of ether oxygens (including phenoxy) is 1. The molecule has 0 amide bonds. The zero-order chi connectivity index (χ0) is 37.9. The highest BCUT2D eigenvalue weighted by Crippen LogP contribution is 2.49. The van der Waals surface area contributed by atoms with Gasteiger partial charge < -0.3 is 13.8 Å². The first-order chi connectivity index (χ1) is 23.6. The minimum atomic E-state index is -0.104. The molecule has 3 aromatic carbocycles. The van der Waals surface area contributed by atoms with E-state index in [0.717, 1.165) is 61.9 Å². The average molecular weight is 715 g/mol. The molecule has 4 heteroatoms. The van der Waals surface area contributed by atoms with Crippen LogP contribution >= 0.6 is 9.03 Å². The molecular formula is C47H71O3P. The Morgan fingerprint density at radius 1 is 0.706 bits per heavy atom. The summed E-state index contributed by atoms with van der Waals surface area (Å²) in [5.74, 6) is 3.72. The maximum absolute atomic E-state index is 6.93. The molecule has 0 saturated heterocycles. The molecular weight excluding hydrogens is 643 g/mol. The van der Waals surface area contributed by atoms with E-state index in [1.807, 2.05) is 0 Å². The molecule has 1 aliphatic rings. The van der Waals surface area contributed by atoms with E-state index < -0.39 is 0 Å². The molecule has 3 aromatic rings. The van der Waals surface area contributed by atoms with Crippen LogP contribution in [-0.4, -0.2) is 6.61 Å². The fourth-order valence-electron chi connectivity index (χ4n) is 7.11. The van der Waals surface area contributed by atoms with Gasteiger partial charge in [-0.25, -0.2) is 0 Å². The highest BCUT2D eigenvalue weighted by molar-refractivity contribution is 7.27. The predicted octanol–water partition coefficient (Wildman–Crippen LogP) is 14.4. The lowest BCUT2D eigenvalue weighted by Gasteiger charge is -2.32. The number of hydrogen-bond donors (Lipinski definition) is 0. The van der Waals surface area contributed by atoms with Crippen molar-refractivity contribution in [2.75, 3.05) is 6.61 Å². The van der Waals surface area contributed by atoms with E-state index in [4.69, 9.17) is 13.8 Å². The predicted molar refractivity (Wildman–Crippen MR) is 223 cm³/mol. The number of unbranched alkanes of at least 4 members (excludes halogenated alkanes) is 3. The first-order valence-electron chi connectivity index (χ1n) is 19.9. The third kappa shape index (κ3) is 10.3. The van der Waals surface area contributed by atoms with Gasteiger partial charge in [0, 0.05) is 23.1 Å². The van der Waals surface area contributed by atoms with Crippen molar-refractivity contribution in [3.63, 3.8) is 0 Å². The fraction of sp³-hybridized carbons (Fsp3) is 0.617. The van der Waals surface area contributed by atoms with Crippen molar-refractivity contribution >= 4 is 9.03 Å². The van der Waals surface area contributed by atoms with Crippen molar-refractivity contribution in [3.05, 3.63) is 75.3 Å². The molecule has 4 rings (SSSR count). The van der Waals surface area contributed by atoms with E-state index in [1.54, 1.807) is 0 Å². The van der Waals surface area contributed by atoms with Crippen molar-refractivity contribution < 1.29 is 13.8 Å². The second kappa shape index (κ2) is 16.2. The van der Waals surface area contributed by atoms with Gasteiger partial charge in [0.05, 0.1) is 6.61 Å². The SMILES string of the molecule is CCCCc1c(-c2c(OCCCCCC(C)C)cc(C(C)(C)C)cc2C(C)(C)C)ccc2c1Cc1cc(C(C)(C)C)cc(C(C)(C)C)c1OPO2. The Morgan fingerprint density at radius 3 is 1.92 bits per heavy atom. The zero-order valence-electron chi connectivity index (χ0n) is 35.1. The quantitative estimate of drug-likeness (QED) is 0.146. The molecule has 0 N–H and O–H groups in total. The minimum Gasteiger partial charge on any atom is -0.493 e. The van der Waals surface area contributed by atoms with Crippen molar-refractivity contribution in [1.29, 1.82) is 0 Å². The van der Waals surface area contributed by atoms with Crippen LogP contribution in [0.3, 0.4) is 0 Å². The van der Waals surface area contributed by atoms with Gasteiger partial charge in [0.1, 0.15) is 17.2 Å². The lowest BCUT2D eigenvalue weighted by atomic mass is 9.75. The van der Waals surface area contributed by atoms with Gasteiger partial charge in [0.15, 0.2) is 0 Å². The summed E-state index contributed by atoms with van der Waals surface area (Å²) in [6.07, 6.45) is 8.81. The van der Waals surface area contributed by atoms with E-state index >= 15 is 0 Å². The number of fused-ring (bicyclic) bond motifs is 2. The Hall–Kier alpha value is -2.51. The smallest absolute Gasteiger partial charge is 0.275 e. The summed E-state index contributed by atoms with van der Waals surface area (Å²) in [7, 11) is -0.104. The van der Waals surface area contributed by atoms with Gasteiger partial charge in [-0.2, -0.15) is 0 Å². The summed E-state index contributed by atoms with van der Waals surface area (Å²) in [5, 5.41) is 0. The molecule has 1 aliphatic heterocycles. The summed E-state index contributed by atoms with van der Waals surface area (Å²) in [4.78, 5) is 0. The minimum absolute atomic E-state index is 0.00103. The normalized spacial score (nSPS) is 14.4. The molecule has 51 heavy (non-hydrogen) atoms. The van der Waals surface area contributed by atoms with E-state index in [2.05, 4.69) is 140 Å². The third-order valence-electron chi connectivity index (χ3n) is 10.4. The van der Waals surface area contributed by atoms with Crippen molar-refractivity contribution in [2.45, 2.75) is 177 Å². The molecule has 0 bridgehead atoms. The van der Waals surface area contributed by atoms with E-state index in [0.29, 0.717) is 0 Å². The van der Waals surface area contributed by atoms with E-state index in [9.17, 15) is 0 Å². The Morgan fingerprint density at radius 2 is 1.33 bits per heavy atom. The van der Waals surface area contributed by atoms with E-state index in [1.165, 1.54) is 69.3 Å². The van der Waals surface area contributed by atoms with Gasteiger partial charge >= 0.3 is 0 Å². The van der Waals surface area contributed by atoms with Crippen LogP contribution in [0.2, 0.25) is 0 Å². The van der Waals surface area contributed by atoms with Crippen molar-refractivity contribution in [2.24, 2.45) is 5.92 Å². The Labute approximate surface area is 315 Å². The molecule has 1 unspecified atom stereocenters. The van der Waals surface area contributed by atoms with E-state index in [-0.39, 0.29) is 30.7 Å². The summed E-state index contributed by atoms with van der Waals surface area (Å²) in [6.45, 7) is 35.5. The van der Waals surface area contributed by atoms with Crippen LogP contribution in [0.5, 0.6) is 17.2 Å². The lowest BCUT2D eigenvalue weighted by Crippen LogP contribution is -2.20. The maximum atomic E-state index is 6.93. The van der Waals surface area contributed by atoms with Crippen LogP contribution in [0.4, 0.5) is 0 Å². The van der Waals surface area contributed by atoms with Crippen LogP contribution < -0.4 is 13.8 Å². The van der Waals surface area contributed by atoms with Crippen LogP contribution in [0.1, 0.15) is 181 Å². The number of benzene rings is 3. The molecule has 0 aromatic heterocycles. The third-order valence-corrected chi connectivity index (χ3v) is 11.0. The van der Waals surface area contributed by atoms with Crippen LogP contribution in [-0.2, 0) is 34.5 Å². The van der Waals surface area contributed by atoms with Gasteiger partial charge in [0.25, 0.3) is 9.03 Å². The molecule has 0 radical (unpaired) electrons. The topological polar surface area (TPSA) is 27.7 Å². The van der Waals surface area contributed by atoms with Gasteiger partial charge in [-0.1, -0.05) is 154 Å². The van der Waals surface area contributed by atoms with Gasteiger partial charge in [-0.3, -0.25) is 0 Å². The van der Waals surface area contributed by atoms with Crippen LogP contribution in [0.15, 0.2) is 36.4 Å². The highest BCUT2D eigenvalue weighted by Gasteiger charge is 2.32. The molecule has 282 valence electrons. The summed E-state index contributed by atoms with van der Waals surface area (Å²) < 4.78 is 20.0. The second-order valence-electron chi connectivity index (χ2n) is 19.6. The molecule has 3 nitrogen and oxygen atoms in total. The van der Waals surface area contributed by atoms with Crippen molar-refractivity contribution in [1.82, 2.24) is 0 Å². The first-order valence-corrected chi connectivity index (χ1v) is 20.7. The molecule has 0 aliphatic carbocycles. The average Bonchev–Trinajstić information content (AvgIpc) is 2.99. The monoisotopic (exact) mass is 715 g/mol. The number of hydrogen-bond acceptors (Lipinski definition) is 3. The molecule has 1 atom stereocenters. The summed E-state index contributed by atoms with van der Waals surface area (Å²) >= 11 is 0. The fourth-order valence-corrected chi connectivity index (χ4v) is 7.76. The maximum Gasteiger partial charge on any atom is 0.275 e. The summed E-state index contributed by atoms with van der Waals surface area (Å²) in [5.41, 5.74) is 11.6. The Balaban J connectivity index is 1.99. The largest absolute Gasteiger partial charge is 0.493 e. The second-order valence-corrected chi connectivity index (χ2v) is 20.2. The highest BCUT2D eigenvalue weighted by atomic mass is 31.1. The molecule has 1 heterocycles. The van der Waals surface area contributed by atoms with Gasteiger partial charge in [0.2, 0.25) is 0 Å².